The number of rotatable bonds is 9. The first-order valence-electron chi connectivity index (χ1n) is 12.2. The van der Waals surface area contributed by atoms with E-state index in [1.165, 1.54) is 24.3 Å². The number of Topliss-reactive ketones (excluding diaryl/α,β-unsaturated/α-hetero) is 1. The Morgan fingerprint density at radius 1 is 1.22 bits per heavy atom. The molecule has 36 heavy (non-hydrogen) atoms. The summed E-state index contributed by atoms with van der Waals surface area (Å²) < 4.78 is 0. The average molecular weight is 508 g/mol. The first-order chi connectivity index (χ1) is 16.7. The van der Waals surface area contributed by atoms with Crippen molar-refractivity contribution >= 4 is 29.4 Å². The molecule has 6 N–H and O–H groups in total. The minimum absolute atomic E-state index is 0.130. The lowest BCUT2D eigenvalue weighted by Gasteiger charge is -2.33. The van der Waals surface area contributed by atoms with Crippen molar-refractivity contribution in [2.45, 2.75) is 91.8 Å². The molecule has 1 rings (SSSR count). The van der Waals surface area contributed by atoms with Gasteiger partial charge in [0.05, 0.1) is 12.1 Å². The monoisotopic (exact) mass is 507 g/mol. The molecule has 0 aromatic carbocycles. The van der Waals surface area contributed by atoms with Crippen molar-refractivity contribution in [1.29, 1.82) is 0 Å². The molecule has 0 aromatic heterocycles. The Balaban J connectivity index is 0. The highest BCUT2D eigenvalue weighted by Crippen LogP contribution is 2.24. The Morgan fingerprint density at radius 3 is 2.19 bits per heavy atom. The highest BCUT2D eigenvalue weighted by molar-refractivity contribution is 6.38. The second kappa shape index (κ2) is 18.1. The lowest BCUT2D eigenvalue weighted by Crippen LogP contribution is -2.57. The SMILES string of the molecule is C#CCCC(NC(=O)C1CCCN1C(=O)C(N)C(C)(C)C)C(=O)C(=O)NCC=C.CC(N)=O.CCC. The van der Waals surface area contributed by atoms with E-state index < -0.39 is 41.1 Å². The van der Waals surface area contributed by atoms with Crippen LogP contribution >= 0.6 is 0 Å². The smallest absolute Gasteiger partial charge is 0.289 e. The molecule has 0 bridgehead atoms. The second-order valence-electron chi connectivity index (χ2n) is 9.52. The summed E-state index contributed by atoms with van der Waals surface area (Å²) in [6.07, 6.45) is 9.43. The van der Waals surface area contributed by atoms with E-state index in [9.17, 15) is 24.0 Å². The predicted molar refractivity (Wildman–Crippen MR) is 141 cm³/mol. The quantitative estimate of drug-likeness (QED) is 0.207. The van der Waals surface area contributed by atoms with Crippen molar-refractivity contribution in [1.82, 2.24) is 15.5 Å². The minimum atomic E-state index is -1.06. The fraction of sp³-hybridized carbons (Fsp3) is 0.654. The Labute approximate surface area is 216 Å². The largest absolute Gasteiger partial charge is 0.370 e. The molecular weight excluding hydrogens is 462 g/mol. The number of primary amides is 1. The standard InChI is InChI=1S/C21H32N4O4.C3H8.C2H5NO/c1-6-8-10-14(16(26)19(28)23-12-7-2)24-18(27)15-11-9-13-25(15)20(29)17(22)21(3,4)5;1-3-2;1-2(3)4/h1,7,14-15,17H,2,8-13,22H2,3-5H3,(H,23,28)(H,24,27);3H2,1-2H3;1H3,(H2,3,4). The van der Waals surface area contributed by atoms with Crippen molar-refractivity contribution in [3.63, 3.8) is 0 Å². The van der Waals surface area contributed by atoms with Crippen molar-refractivity contribution in [2.24, 2.45) is 16.9 Å². The first kappa shape index (κ1) is 35.0. The van der Waals surface area contributed by atoms with Gasteiger partial charge < -0.3 is 27.0 Å². The minimum Gasteiger partial charge on any atom is -0.370 e. The number of amides is 4. The molecule has 0 saturated carbocycles. The van der Waals surface area contributed by atoms with Gasteiger partial charge >= 0.3 is 0 Å². The summed E-state index contributed by atoms with van der Waals surface area (Å²) in [4.78, 5) is 60.7. The summed E-state index contributed by atoms with van der Waals surface area (Å²) in [6.45, 7) is 15.2. The van der Waals surface area contributed by atoms with Crippen molar-refractivity contribution in [3.8, 4) is 12.3 Å². The molecule has 0 aromatic rings. The number of likely N-dealkylation sites (tertiary alicyclic amines) is 1. The van der Waals surface area contributed by atoms with E-state index in [1.54, 1.807) is 0 Å². The number of carbonyl (C=O) groups is 5. The normalized spacial score (nSPS) is 15.9. The predicted octanol–water partition coefficient (Wildman–Crippen LogP) is 1.03. The van der Waals surface area contributed by atoms with Crippen LogP contribution in [0.25, 0.3) is 0 Å². The number of carbonyl (C=O) groups excluding carboxylic acids is 5. The van der Waals surface area contributed by atoms with Crippen molar-refractivity contribution < 1.29 is 24.0 Å². The van der Waals surface area contributed by atoms with Gasteiger partial charge in [0.2, 0.25) is 23.5 Å². The Bertz CT molecular complexity index is 794. The molecule has 0 aliphatic carbocycles. The van der Waals surface area contributed by atoms with Gasteiger partial charge in [-0.1, -0.05) is 47.1 Å². The van der Waals surface area contributed by atoms with Crippen LogP contribution in [0.4, 0.5) is 0 Å². The van der Waals surface area contributed by atoms with Gasteiger partial charge in [0.1, 0.15) is 6.04 Å². The Morgan fingerprint density at radius 2 is 1.75 bits per heavy atom. The molecule has 4 amide bonds. The van der Waals surface area contributed by atoms with E-state index in [2.05, 4.69) is 42.7 Å². The van der Waals surface area contributed by atoms with E-state index in [0.717, 1.165) is 0 Å². The highest BCUT2D eigenvalue weighted by atomic mass is 16.2. The number of nitrogens with one attached hydrogen (secondary N) is 2. The number of hydrogen-bond acceptors (Lipinski definition) is 6. The zero-order chi connectivity index (χ0) is 28.5. The third kappa shape index (κ3) is 13.6. The van der Waals surface area contributed by atoms with E-state index in [1.807, 2.05) is 20.8 Å². The lowest BCUT2D eigenvalue weighted by molar-refractivity contribution is -0.143. The first-order valence-corrected chi connectivity index (χ1v) is 12.2. The summed E-state index contributed by atoms with van der Waals surface area (Å²) in [5.41, 5.74) is 10.1. The van der Waals surface area contributed by atoms with Crippen LogP contribution in [0, 0.1) is 17.8 Å². The van der Waals surface area contributed by atoms with Gasteiger partial charge in [-0.15, -0.1) is 18.9 Å². The molecule has 1 saturated heterocycles. The van der Waals surface area contributed by atoms with E-state index in [0.29, 0.717) is 19.4 Å². The molecule has 0 radical (unpaired) electrons. The number of hydrogen-bond donors (Lipinski definition) is 4. The van der Waals surface area contributed by atoms with Crippen LogP contribution in [-0.4, -0.2) is 65.5 Å². The summed E-state index contributed by atoms with van der Waals surface area (Å²) in [7, 11) is 0. The third-order valence-electron chi connectivity index (χ3n) is 4.88. The fourth-order valence-electron chi connectivity index (χ4n) is 3.03. The van der Waals surface area contributed by atoms with Crippen LogP contribution < -0.4 is 22.1 Å². The van der Waals surface area contributed by atoms with Crippen LogP contribution in [0.2, 0.25) is 0 Å². The maximum atomic E-state index is 12.8. The average Bonchev–Trinajstić information content (AvgIpc) is 3.28. The zero-order valence-corrected chi connectivity index (χ0v) is 22.7. The molecular formula is C26H45N5O5. The molecule has 3 unspecified atom stereocenters. The number of ketones is 1. The summed E-state index contributed by atoms with van der Waals surface area (Å²) >= 11 is 0. The molecule has 204 valence electrons. The van der Waals surface area contributed by atoms with Gasteiger partial charge in [-0.25, -0.2) is 0 Å². The van der Waals surface area contributed by atoms with Crippen molar-refractivity contribution in [3.05, 3.63) is 12.7 Å². The van der Waals surface area contributed by atoms with Crippen LogP contribution in [0.1, 0.15) is 73.6 Å². The zero-order valence-electron chi connectivity index (χ0n) is 22.7. The number of terminal acetylenes is 1. The van der Waals surface area contributed by atoms with Crippen LogP contribution in [0.15, 0.2) is 12.7 Å². The van der Waals surface area contributed by atoms with Crippen LogP contribution in [-0.2, 0) is 24.0 Å². The highest BCUT2D eigenvalue weighted by Gasteiger charge is 2.40. The van der Waals surface area contributed by atoms with Gasteiger partial charge in [0.15, 0.2) is 0 Å². The molecule has 3 atom stereocenters. The molecule has 0 spiro atoms. The van der Waals surface area contributed by atoms with E-state index in [4.69, 9.17) is 12.2 Å². The van der Waals surface area contributed by atoms with Gasteiger partial charge in [0.25, 0.3) is 5.91 Å². The molecule has 10 nitrogen and oxygen atoms in total. The Hall–Kier alpha value is -3.19. The second-order valence-corrected chi connectivity index (χ2v) is 9.52. The van der Waals surface area contributed by atoms with Gasteiger partial charge in [0, 0.05) is 26.4 Å². The number of nitrogens with zero attached hydrogens (tertiary/aromatic N) is 1. The molecule has 1 heterocycles. The molecule has 1 fully saturated rings. The van der Waals surface area contributed by atoms with Gasteiger partial charge in [-0.3, -0.25) is 24.0 Å². The maximum Gasteiger partial charge on any atom is 0.289 e. The van der Waals surface area contributed by atoms with E-state index in [-0.39, 0.29) is 31.2 Å². The van der Waals surface area contributed by atoms with Crippen molar-refractivity contribution in [2.75, 3.05) is 13.1 Å². The van der Waals surface area contributed by atoms with E-state index >= 15 is 0 Å². The number of nitrogens with two attached hydrogens (primary N) is 2. The molecule has 10 heteroatoms. The topological polar surface area (TPSA) is 165 Å². The maximum absolute atomic E-state index is 12.8. The molecule has 1 aliphatic heterocycles. The van der Waals surface area contributed by atoms with Gasteiger partial charge in [-0.05, 0) is 24.7 Å². The summed E-state index contributed by atoms with van der Waals surface area (Å²) in [5, 5.41) is 5.01. The fourth-order valence-corrected chi connectivity index (χ4v) is 3.03. The van der Waals surface area contributed by atoms with Crippen LogP contribution in [0.5, 0.6) is 0 Å². The van der Waals surface area contributed by atoms with Crippen LogP contribution in [0.3, 0.4) is 0 Å². The Kier molecular flexibility index (Phi) is 17.6. The summed E-state index contributed by atoms with van der Waals surface area (Å²) in [6, 6.07) is -2.54. The third-order valence-corrected chi connectivity index (χ3v) is 4.88. The summed E-state index contributed by atoms with van der Waals surface area (Å²) in [5.74, 6) is -0.311. The lowest BCUT2D eigenvalue weighted by atomic mass is 9.86. The van der Waals surface area contributed by atoms with Gasteiger partial charge in [-0.2, -0.15) is 0 Å². The molecule has 1 aliphatic rings.